The molecule has 18 heavy (non-hydrogen) atoms. The van der Waals surface area contributed by atoms with Crippen LogP contribution in [0.25, 0.3) is 0 Å². The van der Waals surface area contributed by atoms with Crippen LogP contribution >= 0.6 is 0 Å². The number of rotatable bonds is 6. The first-order chi connectivity index (χ1) is 8.65. The first kappa shape index (κ1) is 13.3. The van der Waals surface area contributed by atoms with Crippen molar-refractivity contribution in [2.75, 3.05) is 18.5 Å². The van der Waals surface area contributed by atoms with Crippen LogP contribution in [0.2, 0.25) is 0 Å². The van der Waals surface area contributed by atoms with E-state index < -0.39 is 0 Å². The van der Waals surface area contributed by atoms with Crippen LogP contribution in [-0.4, -0.2) is 24.6 Å². The quantitative estimate of drug-likeness (QED) is 0.842. The lowest BCUT2D eigenvalue weighted by Crippen LogP contribution is -2.32. The Balaban J connectivity index is 2.16. The van der Waals surface area contributed by atoms with E-state index >= 15 is 0 Å². The third-order valence-corrected chi connectivity index (χ3v) is 3.77. The van der Waals surface area contributed by atoms with Crippen molar-refractivity contribution in [3.05, 3.63) is 23.6 Å². The van der Waals surface area contributed by atoms with Crippen LogP contribution in [0.4, 0.5) is 10.2 Å². The zero-order valence-corrected chi connectivity index (χ0v) is 11.4. The van der Waals surface area contributed by atoms with Gasteiger partial charge >= 0.3 is 0 Å². The second-order valence-corrected chi connectivity index (χ2v) is 5.08. The topological polar surface area (TPSA) is 28.2 Å². The van der Waals surface area contributed by atoms with Gasteiger partial charge in [-0.1, -0.05) is 6.92 Å². The second-order valence-electron chi connectivity index (χ2n) is 5.08. The number of pyridine rings is 1. The highest BCUT2D eigenvalue weighted by atomic mass is 19.1. The van der Waals surface area contributed by atoms with E-state index in [2.05, 4.69) is 17.2 Å². The smallest absolute Gasteiger partial charge is 0.170 e. The molecule has 1 fully saturated rings. The average molecular weight is 251 g/mol. The van der Waals surface area contributed by atoms with Crippen molar-refractivity contribution < 1.29 is 4.39 Å². The van der Waals surface area contributed by atoms with Gasteiger partial charge in [-0.05, 0) is 38.3 Å². The monoisotopic (exact) mass is 251 g/mol. The Kier molecular flexibility index (Phi) is 4.17. The molecule has 0 spiro atoms. The van der Waals surface area contributed by atoms with Gasteiger partial charge in [0.2, 0.25) is 0 Å². The number of aromatic nitrogens is 1. The fourth-order valence-electron chi connectivity index (χ4n) is 2.20. The Morgan fingerprint density at radius 2 is 2.28 bits per heavy atom. The number of hydrogen-bond acceptors (Lipinski definition) is 3. The van der Waals surface area contributed by atoms with E-state index in [-0.39, 0.29) is 5.82 Å². The summed E-state index contributed by atoms with van der Waals surface area (Å²) < 4.78 is 14.3. The fraction of sp³-hybridized carbons (Fsp3) is 0.643. The maximum absolute atomic E-state index is 14.3. The van der Waals surface area contributed by atoms with E-state index in [0.717, 1.165) is 6.54 Å². The van der Waals surface area contributed by atoms with Gasteiger partial charge in [-0.15, -0.1) is 0 Å². The number of nitrogens with zero attached hydrogens (tertiary/aromatic N) is 2. The third kappa shape index (κ3) is 2.80. The summed E-state index contributed by atoms with van der Waals surface area (Å²) in [5.41, 5.74) is 0.691. The maximum Gasteiger partial charge on any atom is 0.170 e. The Hall–Kier alpha value is -1.16. The van der Waals surface area contributed by atoms with Crippen LogP contribution in [0.5, 0.6) is 0 Å². The van der Waals surface area contributed by atoms with Crippen molar-refractivity contribution in [2.45, 2.75) is 39.3 Å². The van der Waals surface area contributed by atoms with Gasteiger partial charge in [0.15, 0.2) is 11.6 Å². The molecular weight excluding hydrogens is 229 g/mol. The van der Waals surface area contributed by atoms with Crippen molar-refractivity contribution in [1.29, 1.82) is 0 Å². The summed E-state index contributed by atoms with van der Waals surface area (Å²) in [4.78, 5) is 6.18. The predicted octanol–water partition coefficient (Wildman–Crippen LogP) is 2.56. The summed E-state index contributed by atoms with van der Waals surface area (Å²) in [7, 11) is 1.94. The molecule has 1 atom stereocenters. The molecule has 0 radical (unpaired) electrons. The van der Waals surface area contributed by atoms with E-state index in [9.17, 15) is 4.39 Å². The zero-order chi connectivity index (χ0) is 13.1. The maximum atomic E-state index is 14.3. The Morgan fingerprint density at radius 1 is 1.56 bits per heavy atom. The van der Waals surface area contributed by atoms with Crippen LogP contribution in [0.1, 0.15) is 32.3 Å². The lowest BCUT2D eigenvalue weighted by molar-refractivity contribution is 0.553. The Bertz CT molecular complexity index is 404. The van der Waals surface area contributed by atoms with Gasteiger partial charge in [-0.25, -0.2) is 9.37 Å². The molecule has 1 unspecified atom stereocenters. The molecule has 2 rings (SSSR count). The average Bonchev–Trinajstić information content (AvgIpc) is 3.20. The molecule has 0 saturated heterocycles. The zero-order valence-electron chi connectivity index (χ0n) is 11.4. The minimum Gasteiger partial charge on any atom is -0.354 e. The normalized spacial score (nSPS) is 16.7. The number of nitrogens with one attached hydrogen (secondary N) is 1. The molecule has 0 amide bonds. The second kappa shape index (κ2) is 5.65. The number of hydrogen-bond donors (Lipinski definition) is 1. The molecule has 1 aliphatic rings. The third-order valence-electron chi connectivity index (χ3n) is 3.77. The summed E-state index contributed by atoms with van der Waals surface area (Å²) in [5.74, 6) is 0.992. The first-order valence-corrected chi connectivity index (χ1v) is 6.72. The van der Waals surface area contributed by atoms with Crippen molar-refractivity contribution in [2.24, 2.45) is 5.92 Å². The molecule has 1 aromatic heterocycles. The highest BCUT2D eigenvalue weighted by Crippen LogP contribution is 2.36. The summed E-state index contributed by atoms with van der Waals surface area (Å²) in [6.45, 7) is 5.56. The molecule has 0 aliphatic heterocycles. The van der Waals surface area contributed by atoms with Crippen molar-refractivity contribution in [3.63, 3.8) is 0 Å². The van der Waals surface area contributed by atoms with Gasteiger partial charge in [-0.3, -0.25) is 0 Å². The highest BCUT2D eigenvalue weighted by Gasteiger charge is 2.32. The fourth-order valence-corrected chi connectivity index (χ4v) is 2.20. The van der Waals surface area contributed by atoms with Gasteiger partial charge in [0, 0.05) is 31.4 Å². The molecule has 0 bridgehead atoms. The summed E-state index contributed by atoms with van der Waals surface area (Å²) in [5, 5.41) is 3.15. The van der Waals surface area contributed by atoms with Crippen LogP contribution < -0.4 is 10.2 Å². The first-order valence-electron chi connectivity index (χ1n) is 6.72. The van der Waals surface area contributed by atoms with Crippen LogP contribution in [0, 0.1) is 11.7 Å². The van der Waals surface area contributed by atoms with Crippen molar-refractivity contribution in [1.82, 2.24) is 10.3 Å². The summed E-state index contributed by atoms with van der Waals surface area (Å²) in [6.07, 6.45) is 4.20. The van der Waals surface area contributed by atoms with E-state index in [0.29, 0.717) is 29.9 Å². The van der Waals surface area contributed by atoms with Crippen LogP contribution in [-0.2, 0) is 6.54 Å². The largest absolute Gasteiger partial charge is 0.354 e. The van der Waals surface area contributed by atoms with E-state index in [1.165, 1.54) is 12.8 Å². The Morgan fingerprint density at radius 3 is 2.89 bits per heavy atom. The molecule has 1 saturated carbocycles. The van der Waals surface area contributed by atoms with Gasteiger partial charge < -0.3 is 10.2 Å². The van der Waals surface area contributed by atoms with Crippen LogP contribution in [0.15, 0.2) is 12.3 Å². The molecule has 1 N–H and O–H groups in total. The van der Waals surface area contributed by atoms with E-state index in [1.54, 1.807) is 12.3 Å². The molecule has 100 valence electrons. The van der Waals surface area contributed by atoms with E-state index in [1.807, 2.05) is 18.9 Å². The molecule has 3 nitrogen and oxygen atoms in total. The molecule has 1 aliphatic carbocycles. The molecule has 1 heterocycles. The van der Waals surface area contributed by atoms with Crippen LogP contribution in [0.3, 0.4) is 0 Å². The molecular formula is C14H22FN3. The minimum absolute atomic E-state index is 0.187. The van der Waals surface area contributed by atoms with Gasteiger partial charge in [0.25, 0.3) is 0 Å². The Labute approximate surface area is 108 Å². The van der Waals surface area contributed by atoms with E-state index in [4.69, 9.17) is 0 Å². The molecule has 0 aromatic carbocycles. The predicted molar refractivity (Wildman–Crippen MR) is 72.2 cm³/mol. The van der Waals surface area contributed by atoms with Crippen molar-refractivity contribution in [3.8, 4) is 0 Å². The van der Waals surface area contributed by atoms with Gasteiger partial charge in [-0.2, -0.15) is 0 Å². The van der Waals surface area contributed by atoms with Crippen molar-refractivity contribution >= 4 is 5.82 Å². The highest BCUT2D eigenvalue weighted by molar-refractivity contribution is 5.43. The lowest BCUT2D eigenvalue weighted by Gasteiger charge is -2.26. The minimum atomic E-state index is -0.187. The summed E-state index contributed by atoms with van der Waals surface area (Å²) >= 11 is 0. The molecule has 1 aromatic rings. The molecule has 4 heteroatoms. The van der Waals surface area contributed by atoms with Gasteiger partial charge in [0.05, 0.1) is 0 Å². The van der Waals surface area contributed by atoms with Gasteiger partial charge in [0.1, 0.15) is 0 Å². The summed E-state index contributed by atoms with van der Waals surface area (Å²) in [6, 6.07) is 2.11. The SMILES string of the molecule is CCNCc1ccnc(N(C)C(C)C2CC2)c1F. The number of anilines is 1. The number of halogens is 1. The standard InChI is InChI=1S/C14H22FN3/c1-4-16-9-12-7-8-17-14(13(12)15)18(3)10(2)11-5-6-11/h7-8,10-11,16H,4-6,9H2,1-3H3. The lowest BCUT2D eigenvalue weighted by atomic mass is 10.1.